The number of aliphatic hydroxyl groups is 1. The predicted octanol–water partition coefficient (Wildman–Crippen LogP) is 5.74. The lowest BCUT2D eigenvalue weighted by atomic mass is 10.1. The van der Waals surface area contributed by atoms with Gasteiger partial charge in [-0.3, -0.25) is 15.1 Å². The Hall–Kier alpha value is -4.57. The Morgan fingerprint density at radius 1 is 1.08 bits per heavy atom. The number of nitrogens with one attached hydrogen (secondary N) is 3. The Balaban J connectivity index is 1.42. The Labute approximate surface area is 210 Å². The van der Waals surface area contributed by atoms with E-state index in [-0.39, 0.29) is 11.1 Å². The maximum absolute atomic E-state index is 16.0. The lowest BCUT2D eigenvalue weighted by molar-refractivity contribution is 0.176. The number of hydrogen-bond acceptors (Lipinski definition) is 7. The van der Waals surface area contributed by atoms with Crippen LogP contribution in [0.25, 0.3) is 55.8 Å². The average molecular weight is 498 g/mol. The molecule has 1 atom stereocenters. The van der Waals surface area contributed by atoms with Gasteiger partial charge in [0.05, 0.1) is 52.5 Å². The minimum atomic E-state index is -0.738. The third kappa shape index (κ3) is 4.21. The number of aromatic nitrogens is 6. The number of para-hydroxylation sites is 1. The van der Waals surface area contributed by atoms with Crippen LogP contribution in [-0.2, 0) is 0 Å². The van der Waals surface area contributed by atoms with E-state index in [1.54, 1.807) is 24.8 Å². The fourth-order valence-electron chi connectivity index (χ4n) is 4.49. The highest BCUT2D eigenvalue weighted by atomic mass is 19.1. The molecule has 0 fully saturated rings. The van der Waals surface area contributed by atoms with Crippen LogP contribution in [-0.4, -0.2) is 41.5 Å². The van der Waals surface area contributed by atoms with E-state index in [1.807, 2.05) is 38.1 Å². The molecule has 1 aromatic carbocycles. The Bertz CT molecular complexity index is 1710. The number of pyridine rings is 2. The van der Waals surface area contributed by atoms with Crippen molar-refractivity contribution in [3.05, 3.63) is 67.3 Å². The maximum atomic E-state index is 16.0. The highest BCUT2D eigenvalue weighted by Crippen LogP contribution is 2.34. The summed E-state index contributed by atoms with van der Waals surface area (Å²) in [4.78, 5) is 16.6. The van der Waals surface area contributed by atoms with Crippen molar-refractivity contribution in [2.24, 2.45) is 5.92 Å². The van der Waals surface area contributed by atoms with Crippen molar-refractivity contribution in [3.63, 3.8) is 0 Å². The summed E-state index contributed by atoms with van der Waals surface area (Å²) >= 11 is 0. The summed E-state index contributed by atoms with van der Waals surface area (Å²) in [7, 11) is 0. The van der Waals surface area contributed by atoms with Crippen LogP contribution in [0.2, 0.25) is 0 Å². The van der Waals surface area contributed by atoms with E-state index in [0.29, 0.717) is 40.6 Å². The lowest BCUT2D eigenvalue weighted by Gasteiger charge is -2.16. The van der Waals surface area contributed by atoms with Gasteiger partial charge in [-0.25, -0.2) is 9.37 Å². The Morgan fingerprint density at radius 3 is 2.78 bits per heavy atom. The molecule has 1 unspecified atom stereocenters. The second kappa shape index (κ2) is 9.14. The van der Waals surface area contributed by atoms with Crippen LogP contribution in [0.1, 0.15) is 20.3 Å². The molecule has 0 aliphatic rings. The van der Waals surface area contributed by atoms with Crippen LogP contribution in [0.15, 0.2) is 65.9 Å². The molecule has 0 saturated heterocycles. The molecule has 0 bridgehead atoms. The second-order valence-corrected chi connectivity index (χ2v) is 9.33. The normalized spacial score (nSPS) is 12.6. The van der Waals surface area contributed by atoms with Crippen molar-refractivity contribution >= 4 is 27.6 Å². The molecule has 0 aliphatic carbocycles. The van der Waals surface area contributed by atoms with Gasteiger partial charge in [-0.15, -0.1) is 0 Å². The van der Waals surface area contributed by atoms with Gasteiger partial charge in [-0.2, -0.15) is 5.10 Å². The first-order valence-corrected chi connectivity index (χ1v) is 11.9. The van der Waals surface area contributed by atoms with Gasteiger partial charge in [-0.1, -0.05) is 26.0 Å². The largest absolute Gasteiger partial charge is 0.472 e. The summed E-state index contributed by atoms with van der Waals surface area (Å²) in [6.07, 6.45) is 7.76. The zero-order valence-electron chi connectivity index (χ0n) is 20.2. The third-order valence-corrected chi connectivity index (χ3v) is 6.15. The van der Waals surface area contributed by atoms with E-state index in [9.17, 15) is 5.11 Å². The van der Waals surface area contributed by atoms with Crippen LogP contribution in [0.5, 0.6) is 0 Å². The van der Waals surface area contributed by atoms with Gasteiger partial charge in [0.1, 0.15) is 17.6 Å². The molecule has 186 valence electrons. The maximum Gasteiger partial charge on any atom is 0.161 e. The second-order valence-electron chi connectivity index (χ2n) is 9.33. The summed E-state index contributed by atoms with van der Waals surface area (Å²) < 4.78 is 21.2. The van der Waals surface area contributed by atoms with E-state index < -0.39 is 12.0 Å². The SMILES string of the molecule is CC(C)CC(O)Nc1cncc(-c2ncc3[nH]nc(-c4nc5c(-c6ccoc6)cccc5[nH]4)c3c2F)c1. The fourth-order valence-corrected chi connectivity index (χ4v) is 4.49. The first-order chi connectivity index (χ1) is 18.0. The lowest BCUT2D eigenvalue weighted by Crippen LogP contribution is -2.20. The standard InChI is InChI=1S/C27H24FN7O2/c1-14(2)8-21(36)31-17-9-16(10-29-11-17)24-23(28)22-20(12-30-24)34-35-26(22)27-32-19-5-3-4-18(25(19)33-27)15-6-7-37-13-15/h3-7,9-14,21,31,36H,8H2,1-2H3,(H,32,33)(H,34,35). The van der Waals surface area contributed by atoms with Gasteiger partial charge >= 0.3 is 0 Å². The molecule has 5 aromatic heterocycles. The van der Waals surface area contributed by atoms with Crippen LogP contribution in [0.3, 0.4) is 0 Å². The van der Waals surface area contributed by atoms with Crippen molar-refractivity contribution < 1.29 is 13.9 Å². The number of aromatic amines is 2. The average Bonchev–Trinajstić information content (AvgIpc) is 3.62. The van der Waals surface area contributed by atoms with Crippen molar-refractivity contribution in [2.75, 3.05) is 5.32 Å². The zero-order valence-corrected chi connectivity index (χ0v) is 20.2. The van der Waals surface area contributed by atoms with Crippen molar-refractivity contribution in [3.8, 4) is 33.9 Å². The number of H-pyrrole nitrogens is 2. The molecular formula is C27H24FN7O2. The summed E-state index contributed by atoms with van der Waals surface area (Å²) in [5, 5.41) is 20.7. The summed E-state index contributed by atoms with van der Waals surface area (Å²) in [5.41, 5.74) is 5.28. The molecule has 0 spiro atoms. The number of anilines is 1. The van der Waals surface area contributed by atoms with Crippen molar-refractivity contribution in [2.45, 2.75) is 26.5 Å². The van der Waals surface area contributed by atoms with Crippen LogP contribution >= 0.6 is 0 Å². The van der Waals surface area contributed by atoms with E-state index in [0.717, 1.165) is 22.2 Å². The molecule has 0 saturated carbocycles. The van der Waals surface area contributed by atoms with E-state index in [1.165, 1.54) is 12.4 Å². The molecule has 0 radical (unpaired) electrons. The quantitative estimate of drug-likeness (QED) is 0.207. The van der Waals surface area contributed by atoms with Crippen LogP contribution in [0, 0.1) is 11.7 Å². The van der Waals surface area contributed by atoms with E-state index >= 15 is 4.39 Å². The zero-order chi connectivity index (χ0) is 25.5. The molecule has 9 nitrogen and oxygen atoms in total. The first-order valence-electron chi connectivity index (χ1n) is 11.9. The van der Waals surface area contributed by atoms with Gasteiger partial charge in [-0.05, 0) is 30.5 Å². The molecule has 6 rings (SSSR count). The number of benzene rings is 1. The number of furan rings is 1. The molecule has 4 N–H and O–H groups in total. The monoisotopic (exact) mass is 497 g/mol. The number of fused-ring (bicyclic) bond motifs is 2. The van der Waals surface area contributed by atoms with E-state index in [2.05, 4.69) is 30.5 Å². The third-order valence-electron chi connectivity index (χ3n) is 6.15. The summed E-state index contributed by atoms with van der Waals surface area (Å²) in [6, 6.07) is 9.36. The van der Waals surface area contributed by atoms with Gasteiger partial charge < -0.3 is 19.8 Å². The molecule has 5 heterocycles. The van der Waals surface area contributed by atoms with Crippen LogP contribution < -0.4 is 5.32 Å². The number of imidazole rings is 1. The predicted molar refractivity (Wildman–Crippen MR) is 139 cm³/mol. The van der Waals surface area contributed by atoms with Crippen molar-refractivity contribution in [1.82, 2.24) is 30.1 Å². The number of rotatable bonds is 7. The summed E-state index contributed by atoms with van der Waals surface area (Å²) in [5.74, 6) is 0.200. The van der Waals surface area contributed by atoms with Gasteiger partial charge in [0, 0.05) is 22.9 Å². The number of halogens is 1. The van der Waals surface area contributed by atoms with Gasteiger partial charge in [0.25, 0.3) is 0 Å². The highest BCUT2D eigenvalue weighted by Gasteiger charge is 2.21. The molecule has 37 heavy (non-hydrogen) atoms. The fraction of sp³-hybridized carbons (Fsp3) is 0.185. The smallest absolute Gasteiger partial charge is 0.161 e. The number of aliphatic hydroxyl groups excluding tert-OH is 1. The minimum Gasteiger partial charge on any atom is -0.472 e. The molecular weight excluding hydrogens is 473 g/mol. The molecule has 0 aliphatic heterocycles. The Morgan fingerprint density at radius 2 is 1.97 bits per heavy atom. The topological polar surface area (TPSA) is 129 Å². The first kappa shape index (κ1) is 22.9. The highest BCUT2D eigenvalue weighted by molar-refractivity contribution is 5.98. The Kier molecular flexibility index (Phi) is 5.65. The van der Waals surface area contributed by atoms with E-state index in [4.69, 9.17) is 9.40 Å². The molecule has 6 aromatic rings. The number of hydrogen-bond donors (Lipinski definition) is 4. The van der Waals surface area contributed by atoms with Crippen molar-refractivity contribution in [1.29, 1.82) is 0 Å². The summed E-state index contributed by atoms with van der Waals surface area (Å²) in [6.45, 7) is 4.05. The number of nitrogens with zero attached hydrogens (tertiary/aromatic N) is 4. The minimum absolute atomic E-state index is 0.125. The molecule has 0 amide bonds. The van der Waals surface area contributed by atoms with Gasteiger partial charge in [0.15, 0.2) is 11.6 Å². The van der Waals surface area contributed by atoms with Crippen LogP contribution in [0.4, 0.5) is 10.1 Å². The molecule has 10 heteroatoms. The van der Waals surface area contributed by atoms with Gasteiger partial charge in [0.2, 0.25) is 0 Å².